The molecule has 0 bridgehead atoms. The van der Waals surface area contributed by atoms with Crippen LogP contribution in [0.5, 0.6) is 0 Å². The molecular weight excluding hydrogens is 120 g/mol. The van der Waals surface area contributed by atoms with E-state index in [1.54, 1.807) is 0 Å². The minimum Gasteiger partial charge on any atom is -0.0919 e. The Morgan fingerprint density at radius 3 is 1.60 bits per heavy atom. The van der Waals surface area contributed by atoms with Gasteiger partial charge in [0.1, 0.15) is 0 Å². The Kier molecular flexibility index (Phi) is 2.27. The van der Waals surface area contributed by atoms with E-state index >= 15 is 0 Å². The lowest BCUT2D eigenvalue weighted by atomic mass is 10.6. The molecule has 10 heavy (non-hydrogen) atoms. The lowest BCUT2D eigenvalue weighted by Gasteiger charge is -1.49. The van der Waals surface area contributed by atoms with Crippen molar-refractivity contribution in [3.8, 4) is 11.1 Å². The van der Waals surface area contributed by atoms with Crippen molar-refractivity contribution in [3.63, 3.8) is 0 Å². The topological polar surface area (TPSA) is 0 Å². The van der Waals surface area contributed by atoms with Crippen molar-refractivity contribution >= 4 is 0 Å². The molecule has 0 fully saturated rings. The van der Waals surface area contributed by atoms with E-state index in [0.29, 0.717) is 0 Å². The second kappa shape index (κ2) is 3.21. The highest BCUT2D eigenvalue weighted by atomic mass is 14.1. The van der Waals surface area contributed by atoms with Crippen LogP contribution >= 0.6 is 0 Å². The lowest BCUT2D eigenvalue weighted by molar-refractivity contribution is 1.64. The van der Waals surface area contributed by atoms with E-state index in [-0.39, 0.29) is 0 Å². The maximum Gasteiger partial charge on any atom is -0.0178 e. The summed E-state index contributed by atoms with van der Waals surface area (Å²) in [5, 5.41) is 0. The molecule has 0 heteroatoms. The van der Waals surface area contributed by atoms with Crippen molar-refractivity contribution in [2.45, 2.75) is 13.8 Å². The third kappa shape index (κ3) is 1.73. The van der Waals surface area contributed by atoms with Crippen LogP contribution < -0.4 is 0 Å². The van der Waals surface area contributed by atoms with Crippen molar-refractivity contribution in [1.29, 1.82) is 0 Å². The van der Waals surface area contributed by atoms with Crippen molar-refractivity contribution in [2.24, 2.45) is 0 Å². The van der Waals surface area contributed by atoms with Gasteiger partial charge in [-0.05, 0) is 31.0 Å². The molecule has 0 heterocycles. The number of allylic oxidation sites excluding steroid dienone is 2. The largest absolute Gasteiger partial charge is 0.0919 e. The monoisotopic (exact) mass is 132 g/mol. The average molecular weight is 132 g/mol. The molecular formula is C10H12. The van der Waals surface area contributed by atoms with E-state index in [4.69, 9.17) is 0 Å². The van der Waals surface area contributed by atoms with E-state index < -0.39 is 0 Å². The molecule has 0 N–H and O–H groups in total. The van der Waals surface area contributed by atoms with E-state index in [1.807, 2.05) is 26.0 Å². The quantitative estimate of drug-likeness (QED) is 0.483. The smallest absolute Gasteiger partial charge is 0.0178 e. The highest BCUT2D eigenvalue weighted by molar-refractivity contribution is 5.80. The first-order valence-corrected chi connectivity index (χ1v) is 3.56. The lowest BCUT2D eigenvalue weighted by Crippen LogP contribution is -1.26. The molecule has 0 aromatic rings. The third-order valence-corrected chi connectivity index (χ3v) is 1.45. The Balaban J connectivity index is 0.000000112. The van der Waals surface area contributed by atoms with Gasteiger partial charge in [-0.1, -0.05) is 30.4 Å². The fourth-order valence-electron chi connectivity index (χ4n) is 0.676. The predicted molar refractivity (Wildman–Crippen MR) is 45.9 cm³/mol. The highest BCUT2D eigenvalue weighted by Gasteiger charge is 2.06. The molecule has 0 unspecified atom stereocenters. The van der Waals surface area contributed by atoms with Crippen LogP contribution in [-0.2, 0) is 0 Å². The molecule has 52 valence electrons. The van der Waals surface area contributed by atoms with Crippen LogP contribution in [-0.4, -0.2) is 0 Å². The number of fused-ring (bicyclic) bond motifs is 1. The predicted octanol–water partition coefficient (Wildman–Crippen LogP) is 3.25. The zero-order chi connectivity index (χ0) is 7.40. The van der Waals surface area contributed by atoms with Gasteiger partial charge in [0, 0.05) is 0 Å². The number of hydrogen-bond donors (Lipinski definition) is 0. The normalized spacial score (nSPS) is 10.6. The van der Waals surface area contributed by atoms with Gasteiger partial charge in [0.2, 0.25) is 0 Å². The summed E-state index contributed by atoms with van der Waals surface area (Å²) in [6.07, 6.45) is 4.00. The third-order valence-electron chi connectivity index (χ3n) is 1.45. The second-order valence-corrected chi connectivity index (χ2v) is 2.25. The van der Waals surface area contributed by atoms with Crippen LogP contribution in [0.4, 0.5) is 0 Å². The maximum absolute atomic E-state index is 2.17. The molecule has 0 saturated heterocycles. The standard InChI is InChI=1S/C6H4.C4H8/c1-2-5-4-6(5)3-1;1-3-4-2/h1-4H;3-4H,1-2H3. The molecule has 0 amide bonds. The van der Waals surface area contributed by atoms with E-state index in [0.717, 1.165) is 0 Å². The van der Waals surface area contributed by atoms with E-state index in [2.05, 4.69) is 24.3 Å². The average Bonchev–Trinajstić information content (AvgIpc) is 2.60. The molecule has 2 aliphatic rings. The van der Waals surface area contributed by atoms with Crippen LogP contribution in [0.15, 0.2) is 36.4 Å². The SMILES string of the molecule is CC=CC.c1cc2cc-2c1. The van der Waals surface area contributed by atoms with Gasteiger partial charge in [0.25, 0.3) is 0 Å². The van der Waals surface area contributed by atoms with Crippen LogP contribution in [0.1, 0.15) is 13.8 Å². The van der Waals surface area contributed by atoms with Gasteiger partial charge >= 0.3 is 0 Å². The first kappa shape index (κ1) is 7.07. The molecule has 2 aliphatic carbocycles. The second-order valence-electron chi connectivity index (χ2n) is 2.25. The van der Waals surface area contributed by atoms with Gasteiger partial charge in [-0.2, -0.15) is 0 Å². The fourth-order valence-corrected chi connectivity index (χ4v) is 0.676. The number of hydrogen-bond acceptors (Lipinski definition) is 0. The Hall–Kier alpha value is -1.04. The number of rotatable bonds is 0. The Bertz CT molecular complexity index is 212. The van der Waals surface area contributed by atoms with Crippen molar-refractivity contribution in [2.75, 3.05) is 0 Å². The minimum atomic E-state index is 1.43. The summed E-state index contributed by atoms with van der Waals surface area (Å²) in [6, 6.07) is 8.48. The molecule has 0 aliphatic heterocycles. The maximum atomic E-state index is 2.17. The molecule has 0 atom stereocenters. The van der Waals surface area contributed by atoms with Gasteiger partial charge in [-0.25, -0.2) is 0 Å². The summed E-state index contributed by atoms with van der Waals surface area (Å²) in [5.41, 5.74) is 2.85. The fraction of sp³-hybridized carbons (Fsp3) is 0.200. The van der Waals surface area contributed by atoms with Crippen molar-refractivity contribution in [1.82, 2.24) is 0 Å². The molecule has 0 spiro atoms. The summed E-state index contributed by atoms with van der Waals surface area (Å²) in [7, 11) is 0. The van der Waals surface area contributed by atoms with Crippen LogP contribution in [0.2, 0.25) is 0 Å². The first-order valence-electron chi connectivity index (χ1n) is 3.56. The van der Waals surface area contributed by atoms with Crippen LogP contribution in [0.25, 0.3) is 11.1 Å². The first-order chi connectivity index (χ1) is 4.88. The van der Waals surface area contributed by atoms with Gasteiger partial charge in [0.15, 0.2) is 0 Å². The zero-order valence-corrected chi connectivity index (χ0v) is 6.46. The Morgan fingerprint density at radius 2 is 1.50 bits per heavy atom. The Morgan fingerprint density at radius 1 is 1.00 bits per heavy atom. The van der Waals surface area contributed by atoms with Crippen molar-refractivity contribution < 1.29 is 0 Å². The molecule has 0 aromatic heterocycles. The summed E-state index contributed by atoms with van der Waals surface area (Å²) in [5.74, 6) is 0. The highest BCUT2D eigenvalue weighted by Crippen LogP contribution is 2.32. The van der Waals surface area contributed by atoms with Gasteiger partial charge in [-0.3, -0.25) is 0 Å². The summed E-state index contributed by atoms with van der Waals surface area (Å²) >= 11 is 0. The summed E-state index contributed by atoms with van der Waals surface area (Å²) in [4.78, 5) is 0. The van der Waals surface area contributed by atoms with E-state index in [1.165, 1.54) is 11.1 Å². The molecule has 0 nitrogen and oxygen atoms in total. The van der Waals surface area contributed by atoms with Crippen LogP contribution in [0.3, 0.4) is 0 Å². The van der Waals surface area contributed by atoms with E-state index in [9.17, 15) is 0 Å². The molecule has 0 aromatic carbocycles. The Labute approximate surface area is 62.2 Å². The molecule has 0 radical (unpaired) electrons. The van der Waals surface area contributed by atoms with Crippen molar-refractivity contribution in [3.05, 3.63) is 36.4 Å². The summed E-state index contributed by atoms with van der Waals surface area (Å²) < 4.78 is 0. The van der Waals surface area contributed by atoms with Gasteiger partial charge in [-0.15, -0.1) is 0 Å². The van der Waals surface area contributed by atoms with Crippen LogP contribution in [0, 0.1) is 0 Å². The van der Waals surface area contributed by atoms with Gasteiger partial charge < -0.3 is 0 Å². The molecule has 2 rings (SSSR count). The van der Waals surface area contributed by atoms with Gasteiger partial charge in [0.05, 0.1) is 0 Å². The zero-order valence-electron chi connectivity index (χ0n) is 6.46. The number of benzene rings is 1. The molecule has 0 saturated carbocycles. The minimum absolute atomic E-state index is 1.43. The summed E-state index contributed by atoms with van der Waals surface area (Å²) in [6.45, 7) is 4.00.